The van der Waals surface area contributed by atoms with Gasteiger partial charge in [-0.05, 0) is 36.6 Å². The predicted molar refractivity (Wildman–Crippen MR) is 104 cm³/mol. The van der Waals surface area contributed by atoms with Gasteiger partial charge in [0.2, 0.25) is 0 Å². The first-order chi connectivity index (χ1) is 12.6. The summed E-state index contributed by atoms with van der Waals surface area (Å²) in [5, 5.41) is 0. The minimum atomic E-state index is -0.490. The summed E-state index contributed by atoms with van der Waals surface area (Å²) >= 11 is 0. The van der Waals surface area contributed by atoms with Crippen molar-refractivity contribution in [1.82, 2.24) is 9.88 Å². The van der Waals surface area contributed by atoms with Crippen LogP contribution in [0.25, 0.3) is 0 Å². The molecule has 138 valence electrons. The van der Waals surface area contributed by atoms with E-state index in [0.29, 0.717) is 19.0 Å². The number of rotatable bonds is 5. The van der Waals surface area contributed by atoms with Gasteiger partial charge in [-0.2, -0.15) is 0 Å². The van der Waals surface area contributed by atoms with Crippen LogP contribution in [-0.2, 0) is 4.79 Å². The van der Waals surface area contributed by atoms with Crippen LogP contribution in [0.1, 0.15) is 32.3 Å². The van der Waals surface area contributed by atoms with Crippen molar-refractivity contribution in [3.8, 4) is 5.75 Å². The smallest absolute Gasteiger partial charge is 0.263 e. The van der Waals surface area contributed by atoms with Crippen LogP contribution in [0.4, 0.5) is 5.82 Å². The zero-order chi connectivity index (χ0) is 18.5. The summed E-state index contributed by atoms with van der Waals surface area (Å²) in [6.07, 6.45) is 1.31. The van der Waals surface area contributed by atoms with Gasteiger partial charge in [-0.3, -0.25) is 4.79 Å². The Morgan fingerprint density at radius 1 is 1.00 bits per heavy atom. The molecule has 5 nitrogen and oxygen atoms in total. The third-order valence-electron chi connectivity index (χ3n) is 4.76. The van der Waals surface area contributed by atoms with Gasteiger partial charge >= 0.3 is 0 Å². The minimum Gasteiger partial charge on any atom is -0.481 e. The number of carbonyl (C=O) groups excluding carboxylic acids is 1. The third-order valence-corrected chi connectivity index (χ3v) is 4.76. The van der Waals surface area contributed by atoms with Crippen molar-refractivity contribution in [3.05, 3.63) is 54.2 Å². The van der Waals surface area contributed by atoms with Crippen LogP contribution in [0.5, 0.6) is 5.75 Å². The largest absolute Gasteiger partial charge is 0.481 e. The Morgan fingerprint density at radius 3 is 2.35 bits per heavy atom. The van der Waals surface area contributed by atoms with E-state index in [1.165, 1.54) is 0 Å². The molecule has 0 aliphatic carbocycles. The van der Waals surface area contributed by atoms with E-state index in [1.807, 2.05) is 48.2 Å². The fraction of sp³-hybridized carbons (Fsp3) is 0.429. The summed E-state index contributed by atoms with van der Waals surface area (Å²) in [5.41, 5.74) is 1.13. The highest BCUT2D eigenvalue weighted by atomic mass is 16.5. The molecule has 5 heteroatoms. The third kappa shape index (κ3) is 4.15. The molecule has 1 fully saturated rings. The molecule has 1 aromatic heterocycles. The number of nitrogens with zero attached hydrogens (tertiary/aromatic N) is 3. The summed E-state index contributed by atoms with van der Waals surface area (Å²) in [5.74, 6) is 2.17. The number of benzene rings is 1. The quantitative estimate of drug-likeness (QED) is 0.827. The number of carbonyl (C=O) groups is 1. The normalized spacial score (nSPS) is 15.8. The first-order valence-corrected chi connectivity index (χ1v) is 9.26. The number of hydrogen-bond donors (Lipinski definition) is 0. The van der Waals surface area contributed by atoms with Crippen LogP contribution in [0.2, 0.25) is 0 Å². The highest BCUT2D eigenvalue weighted by Crippen LogP contribution is 2.27. The van der Waals surface area contributed by atoms with Crippen LogP contribution in [0.3, 0.4) is 0 Å². The Labute approximate surface area is 155 Å². The molecular weight excluding hydrogens is 326 g/mol. The van der Waals surface area contributed by atoms with E-state index < -0.39 is 6.10 Å². The maximum Gasteiger partial charge on any atom is 0.263 e. The zero-order valence-electron chi connectivity index (χ0n) is 15.8. The van der Waals surface area contributed by atoms with Gasteiger partial charge in [-0.25, -0.2) is 4.98 Å². The molecule has 1 aliphatic heterocycles. The van der Waals surface area contributed by atoms with Gasteiger partial charge in [0.05, 0.1) is 0 Å². The molecule has 3 rings (SSSR count). The van der Waals surface area contributed by atoms with E-state index in [2.05, 4.69) is 29.8 Å². The molecule has 1 amide bonds. The molecule has 0 unspecified atom stereocenters. The summed E-state index contributed by atoms with van der Waals surface area (Å²) in [4.78, 5) is 21.3. The van der Waals surface area contributed by atoms with Crippen molar-refractivity contribution < 1.29 is 9.53 Å². The van der Waals surface area contributed by atoms with Gasteiger partial charge in [0.25, 0.3) is 5.91 Å². The molecular formula is C21H27N3O2. The molecule has 0 N–H and O–H groups in total. The van der Waals surface area contributed by atoms with Crippen molar-refractivity contribution in [2.45, 2.75) is 32.8 Å². The number of amides is 1. The van der Waals surface area contributed by atoms with E-state index in [1.54, 1.807) is 6.20 Å². The molecule has 26 heavy (non-hydrogen) atoms. The molecule has 0 saturated carbocycles. The van der Waals surface area contributed by atoms with Gasteiger partial charge in [0, 0.05) is 32.4 Å². The van der Waals surface area contributed by atoms with Gasteiger partial charge in [-0.1, -0.05) is 38.1 Å². The van der Waals surface area contributed by atoms with Crippen molar-refractivity contribution >= 4 is 11.7 Å². The monoisotopic (exact) mass is 353 g/mol. The number of piperazine rings is 1. The number of para-hydroxylation sites is 1. The van der Waals surface area contributed by atoms with E-state index in [-0.39, 0.29) is 5.91 Å². The number of aromatic nitrogens is 1. The SMILES string of the molecule is CC(C)c1ccccc1O[C@@H](C)C(=O)N1CCN(c2ccccn2)CC1. The Bertz CT molecular complexity index is 725. The molecule has 2 heterocycles. The van der Waals surface area contributed by atoms with Crippen LogP contribution in [-0.4, -0.2) is 48.1 Å². The van der Waals surface area contributed by atoms with Crippen molar-refractivity contribution in [2.24, 2.45) is 0 Å². The van der Waals surface area contributed by atoms with E-state index in [9.17, 15) is 4.79 Å². The molecule has 1 saturated heterocycles. The second-order valence-corrected chi connectivity index (χ2v) is 6.95. The highest BCUT2D eigenvalue weighted by Gasteiger charge is 2.27. The lowest BCUT2D eigenvalue weighted by atomic mass is 10.0. The summed E-state index contributed by atoms with van der Waals surface area (Å²) < 4.78 is 6.02. The average Bonchev–Trinajstić information content (AvgIpc) is 2.68. The standard InChI is InChI=1S/C21H27N3O2/c1-16(2)18-8-4-5-9-19(18)26-17(3)21(25)24-14-12-23(13-15-24)20-10-6-7-11-22-20/h4-11,16-17H,12-15H2,1-3H3/t17-/m0/s1. The van der Waals surface area contributed by atoms with Crippen LogP contribution in [0.15, 0.2) is 48.7 Å². The minimum absolute atomic E-state index is 0.0456. The summed E-state index contributed by atoms with van der Waals surface area (Å²) in [7, 11) is 0. The first-order valence-electron chi connectivity index (χ1n) is 9.26. The maximum absolute atomic E-state index is 12.8. The fourth-order valence-electron chi connectivity index (χ4n) is 3.26. The number of ether oxygens (including phenoxy) is 1. The number of anilines is 1. The Morgan fingerprint density at radius 2 is 1.69 bits per heavy atom. The van der Waals surface area contributed by atoms with Gasteiger partial charge in [-0.15, -0.1) is 0 Å². The molecule has 0 bridgehead atoms. The summed E-state index contributed by atoms with van der Waals surface area (Å²) in [6, 6.07) is 13.9. The van der Waals surface area contributed by atoms with E-state index >= 15 is 0 Å². The topological polar surface area (TPSA) is 45.7 Å². The molecule has 1 aliphatic rings. The Balaban J connectivity index is 1.58. The Kier molecular flexibility index (Phi) is 5.76. The fourth-order valence-corrected chi connectivity index (χ4v) is 3.26. The second-order valence-electron chi connectivity index (χ2n) is 6.95. The summed E-state index contributed by atoms with van der Waals surface area (Å²) in [6.45, 7) is 9.06. The van der Waals surface area contributed by atoms with E-state index in [0.717, 1.165) is 30.2 Å². The van der Waals surface area contributed by atoms with Gasteiger partial charge < -0.3 is 14.5 Å². The second kappa shape index (κ2) is 8.21. The van der Waals surface area contributed by atoms with Crippen molar-refractivity contribution in [3.63, 3.8) is 0 Å². The van der Waals surface area contributed by atoms with Crippen molar-refractivity contribution in [1.29, 1.82) is 0 Å². The lowest BCUT2D eigenvalue weighted by Crippen LogP contribution is -2.52. The molecule has 1 atom stereocenters. The highest BCUT2D eigenvalue weighted by molar-refractivity contribution is 5.81. The van der Waals surface area contributed by atoms with Gasteiger partial charge in [0.1, 0.15) is 11.6 Å². The lowest BCUT2D eigenvalue weighted by molar-refractivity contribution is -0.138. The Hall–Kier alpha value is -2.56. The number of hydrogen-bond acceptors (Lipinski definition) is 4. The van der Waals surface area contributed by atoms with Crippen LogP contribution < -0.4 is 9.64 Å². The van der Waals surface area contributed by atoms with Crippen molar-refractivity contribution in [2.75, 3.05) is 31.1 Å². The maximum atomic E-state index is 12.8. The zero-order valence-corrected chi connectivity index (χ0v) is 15.8. The van der Waals surface area contributed by atoms with E-state index in [4.69, 9.17) is 4.74 Å². The molecule has 2 aromatic rings. The molecule has 0 radical (unpaired) electrons. The molecule has 1 aromatic carbocycles. The first kappa shape index (κ1) is 18.2. The lowest BCUT2D eigenvalue weighted by Gasteiger charge is -2.36. The van der Waals surface area contributed by atoms with Crippen LogP contribution in [0, 0.1) is 0 Å². The molecule has 0 spiro atoms. The number of pyridine rings is 1. The predicted octanol–water partition coefficient (Wildman–Crippen LogP) is 3.32. The van der Waals surface area contributed by atoms with Gasteiger partial charge in [0.15, 0.2) is 6.10 Å². The average molecular weight is 353 g/mol. The van der Waals surface area contributed by atoms with Crippen LogP contribution >= 0.6 is 0 Å².